The average molecular weight is 258 g/mol. The summed E-state index contributed by atoms with van der Waals surface area (Å²) in [4.78, 5) is 11.8. The third-order valence-corrected chi connectivity index (χ3v) is 2.65. The highest BCUT2D eigenvalue weighted by atomic mass is 35.5. The van der Waals surface area contributed by atoms with E-state index in [0.29, 0.717) is 11.1 Å². The van der Waals surface area contributed by atoms with Crippen LogP contribution in [0, 0.1) is 12.7 Å². The Balaban J connectivity index is 2.85. The van der Waals surface area contributed by atoms with Crippen LogP contribution in [0.1, 0.15) is 37.3 Å². The molecule has 0 aliphatic carbocycles. The van der Waals surface area contributed by atoms with Gasteiger partial charge in [-0.15, -0.1) is 11.6 Å². The molecule has 0 saturated heterocycles. The Morgan fingerprint density at radius 1 is 1.41 bits per heavy atom. The standard InChI is InChI=1S/C13H17ClFNO/c1-8-7-9(5-6-10(8)15)11(14)12(17)16-13(2,3)4/h5-7,11H,1-4H3,(H,16,17). The first kappa shape index (κ1) is 14.0. The number of carbonyl (C=O) groups is 1. The maximum atomic E-state index is 13.1. The lowest BCUT2D eigenvalue weighted by Gasteiger charge is -2.22. The highest BCUT2D eigenvalue weighted by molar-refractivity contribution is 6.30. The second-order valence-electron chi connectivity index (χ2n) is 5.11. The third kappa shape index (κ3) is 4.00. The van der Waals surface area contributed by atoms with E-state index in [1.54, 1.807) is 13.0 Å². The second-order valence-corrected chi connectivity index (χ2v) is 5.55. The smallest absolute Gasteiger partial charge is 0.242 e. The van der Waals surface area contributed by atoms with Gasteiger partial charge < -0.3 is 5.32 Å². The first-order valence-electron chi connectivity index (χ1n) is 5.43. The highest BCUT2D eigenvalue weighted by Gasteiger charge is 2.22. The van der Waals surface area contributed by atoms with Crippen molar-refractivity contribution in [2.75, 3.05) is 0 Å². The van der Waals surface area contributed by atoms with Crippen LogP contribution >= 0.6 is 11.6 Å². The first-order valence-corrected chi connectivity index (χ1v) is 5.86. The number of carbonyl (C=O) groups excluding carboxylic acids is 1. The highest BCUT2D eigenvalue weighted by Crippen LogP contribution is 2.23. The SMILES string of the molecule is Cc1cc(C(Cl)C(=O)NC(C)(C)C)ccc1F. The molecule has 0 aromatic heterocycles. The molecule has 1 amide bonds. The Kier molecular flexibility index (Phi) is 4.15. The summed E-state index contributed by atoms with van der Waals surface area (Å²) in [5, 5.41) is 1.99. The number of halogens is 2. The lowest BCUT2D eigenvalue weighted by Crippen LogP contribution is -2.42. The summed E-state index contributed by atoms with van der Waals surface area (Å²) in [6.45, 7) is 7.28. The molecule has 1 atom stereocenters. The molecule has 0 aliphatic heterocycles. The van der Waals surface area contributed by atoms with Crippen LogP contribution in [0.25, 0.3) is 0 Å². The fourth-order valence-electron chi connectivity index (χ4n) is 1.41. The fraction of sp³-hybridized carbons (Fsp3) is 0.462. The summed E-state index contributed by atoms with van der Waals surface area (Å²) in [5.74, 6) is -0.570. The lowest BCUT2D eigenvalue weighted by molar-refractivity contribution is -0.122. The van der Waals surface area contributed by atoms with Gasteiger partial charge in [-0.05, 0) is 44.9 Å². The maximum absolute atomic E-state index is 13.1. The van der Waals surface area contributed by atoms with E-state index in [4.69, 9.17) is 11.6 Å². The molecule has 17 heavy (non-hydrogen) atoms. The first-order chi connectivity index (χ1) is 7.70. The van der Waals surface area contributed by atoms with Gasteiger partial charge in [-0.2, -0.15) is 0 Å². The molecule has 0 aliphatic rings. The average Bonchev–Trinajstić information content (AvgIpc) is 2.18. The van der Waals surface area contributed by atoms with Crippen LogP contribution in [0.15, 0.2) is 18.2 Å². The predicted molar refractivity (Wildman–Crippen MR) is 67.6 cm³/mol. The van der Waals surface area contributed by atoms with Crippen molar-refractivity contribution in [3.8, 4) is 0 Å². The molecule has 4 heteroatoms. The van der Waals surface area contributed by atoms with Gasteiger partial charge in [0.1, 0.15) is 11.2 Å². The van der Waals surface area contributed by atoms with Crippen LogP contribution in [0.2, 0.25) is 0 Å². The molecule has 1 rings (SSSR count). The molecule has 0 radical (unpaired) electrons. The quantitative estimate of drug-likeness (QED) is 0.809. The molecule has 1 aromatic carbocycles. The molecule has 1 N–H and O–H groups in total. The van der Waals surface area contributed by atoms with Gasteiger partial charge in [0.25, 0.3) is 0 Å². The van der Waals surface area contributed by atoms with E-state index in [-0.39, 0.29) is 17.3 Å². The second kappa shape index (κ2) is 5.05. The molecule has 0 saturated carbocycles. The Bertz CT molecular complexity index is 426. The minimum atomic E-state index is -0.798. The van der Waals surface area contributed by atoms with Gasteiger partial charge in [0.05, 0.1) is 0 Å². The van der Waals surface area contributed by atoms with Crippen molar-refractivity contribution in [1.82, 2.24) is 5.32 Å². The van der Waals surface area contributed by atoms with Gasteiger partial charge in [-0.1, -0.05) is 12.1 Å². The van der Waals surface area contributed by atoms with E-state index in [1.807, 2.05) is 20.8 Å². The zero-order chi connectivity index (χ0) is 13.2. The van der Waals surface area contributed by atoms with E-state index >= 15 is 0 Å². The molecule has 0 bridgehead atoms. The van der Waals surface area contributed by atoms with Crippen molar-refractivity contribution in [2.45, 2.75) is 38.6 Å². The van der Waals surface area contributed by atoms with Gasteiger partial charge in [0.15, 0.2) is 0 Å². The minimum absolute atomic E-state index is 0.273. The maximum Gasteiger partial charge on any atom is 0.242 e. The largest absolute Gasteiger partial charge is 0.350 e. The van der Waals surface area contributed by atoms with Crippen molar-refractivity contribution >= 4 is 17.5 Å². The van der Waals surface area contributed by atoms with Gasteiger partial charge in [-0.25, -0.2) is 4.39 Å². The molecule has 0 fully saturated rings. The van der Waals surface area contributed by atoms with Gasteiger partial charge in [0, 0.05) is 5.54 Å². The Morgan fingerprint density at radius 3 is 2.47 bits per heavy atom. The molecule has 0 heterocycles. The van der Waals surface area contributed by atoms with Gasteiger partial charge >= 0.3 is 0 Å². The number of rotatable bonds is 2. The van der Waals surface area contributed by atoms with E-state index in [2.05, 4.69) is 5.32 Å². The number of benzene rings is 1. The molecule has 2 nitrogen and oxygen atoms in total. The summed E-state index contributed by atoms with van der Waals surface area (Å²) in [5.41, 5.74) is 0.753. The minimum Gasteiger partial charge on any atom is -0.350 e. The normalized spacial score (nSPS) is 13.3. The Morgan fingerprint density at radius 2 is 2.00 bits per heavy atom. The number of amides is 1. The van der Waals surface area contributed by atoms with Gasteiger partial charge in [0.2, 0.25) is 5.91 Å². The van der Waals surface area contributed by atoms with Crippen LogP contribution in [0.4, 0.5) is 4.39 Å². The molecule has 1 aromatic rings. The summed E-state index contributed by atoms with van der Waals surface area (Å²) in [6.07, 6.45) is 0. The van der Waals surface area contributed by atoms with Gasteiger partial charge in [-0.3, -0.25) is 4.79 Å². The monoisotopic (exact) mass is 257 g/mol. The number of hydrogen-bond acceptors (Lipinski definition) is 1. The zero-order valence-electron chi connectivity index (χ0n) is 10.5. The third-order valence-electron chi connectivity index (χ3n) is 2.20. The summed E-state index contributed by atoms with van der Waals surface area (Å²) in [7, 11) is 0. The molecule has 1 unspecified atom stereocenters. The van der Waals surface area contributed by atoms with Crippen LogP contribution in [-0.2, 0) is 4.79 Å². The fourth-order valence-corrected chi connectivity index (χ4v) is 1.60. The Labute approximate surface area is 106 Å². The summed E-state index contributed by atoms with van der Waals surface area (Å²) < 4.78 is 13.1. The van der Waals surface area contributed by atoms with Crippen LogP contribution in [0.3, 0.4) is 0 Å². The topological polar surface area (TPSA) is 29.1 Å². The summed E-state index contributed by atoms with van der Waals surface area (Å²) in [6, 6.07) is 4.45. The number of alkyl halides is 1. The molecular formula is C13H17ClFNO. The number of hydrogen-bond donors (Lipinski definition) is 1. The predicted octanol–water partition coefficient (Wildman–Crippen LogP) is 3.33. The van der Waals surface area contributed by atoms with Crippen LogP contribution in [0.5, 0.6) is 0 Å². The molecule has 0 spiro atoms. The van der Waals surface area contributed by atoms with Crippen molar-refractivity contribution in [3.05, 3.63) is 35.1 Å². The Hall–Kier alpha value is -1.09. The van der Waals surface area contributed by atoms with Crippen molar-refractivity contribution in [2.24, 2.45) is 0 Å². The lowest BCUT2D eigenvalue weighted by atomic mass is 10.1. The van der Waals surface area contributed by atoms with Crippen molar-refractivity contribution in [1.29, 1.82) is 0 Å². The summed E-state index contributed by atoms with van der Waals surface area (Å²) >= 11 is 6.05. The zero-order valence-corrected chi connectivity index (χ0v) is 11.2. The van der Waals surface area contributed by atoms with E-state index in [0.717, 1.165) is 0 Å². The van der Waals surface area contributed by atoms with Crippen molar-refractivity contribution < 1.29 is 9.18 Å². The van der Waals surface area contributed by atoms with E-state index in [1.165, 1.54) is 12.1 Å². The van der Waals surface area contributed by atoms with E-state index in [9.17, 15) is 9.18 Å². The number of nitrogens with one attached hydrogen (secondary N) is 1. The molecular weight excluding hydrogens is 241 g/mol. The van der Waals surface area contributed by atoms with Crippen LogP contribution < -0.4 is 5.32 Å². The van der Waals surface area contributed by atoms with Crippen molar-refractivity contribution in [3.63, 3.8) is 0 Å². The number of aryl methyl sites for hydroxylation is 1. The molecule has 94 valence electrons. The van der Waals surface area contributed by atoms with E-state index < -0.39 is 5.38 Å². The van der Waals surface area contributed by atoms with Crippen LogP contribution in [-0.4, -0.2) is 11.4 Å².